The van der Waals surface area contributed by atoms with Crippen molar-refractivity contribution < 1.29 is 9.90 Å². The molecule has 0 amide bonds. The fraction of sp³-hybridized carbons (Fsp3) is 0. The third-order valence-corrected chi connectivity index (χ3v) is 1.11. The van der Waals surface area contributed by atoms with Crippen LogP contribution in [-0.2, 0) is 4.79 Å². The van der Waals surface area contributed by atoms with Crippen molar-refractivity contribution in [3.05, 3.63) is 35.4 Å². The number of aliphatic carboxylic acids is 1. The van der Waals surface area contributed by atoms with E-state index >= 15 is 0 Å². The van der Waals surface area contributed by atoms with Crippen LogP contribution in [0.4, 0.5) is 0 Å². The van der Waals surface area contributed by atoms with E-state index in [0.29, 0.717) is 0 Å². The fourth-order valence-electron chi connectivity index (χ4n) is 0.415. The van der Waals surface area contributed by atoms with Gasteiger partial charge in [0.25, 0.3) is 0 Å². The molecule has 0 saturated carbocycles. The van der Waals surface area contributed by atoms with Gasteiger partial charge in [-0.3, -0.25) is 0 Å². The zero-order chi connectivity index (χ0) is 9.40. The van der Waals surface area contributed by atoms with Crippen molar-refractivity contribution in [2.75, 3.05) is 0 Å². The van der Waals surface area contributed by atoms with Crippen molar-refractivity contribution in [2.24, 2.45) is 0 Å². The molecule has 1 rings (SSSR count). The minimum atomic E-state index is -1.22. The van der Waals surface area contributed by atoms with Gasteiger partial charge in [0.15, 0.2) is 0 Å². The summed E-state index contributed by atoms with van der Waals surface area (Å²) in [6, 6.07) is 9.44. The number of carboxylic acid groups (broad SMARTS) is 1. The first-order valence-corrected chi connectivity index (χ1v) is 3.44. The molecule has 62 valence electrons. The highest BCUT2D eigenvalue weighted by Crippen LogP contribution is 2.03. The van der Waals surface area contributed by atoms with Crippen LogP contribution in [0.25, 0.3) is 0 Å². The number of terminal acetylenes is 1. The lowest BCUT2D eigenvalue weighted by Gasteiger charge is -1.80. The van der Waals surface area contributed by atoms with Gasteiger partial charge in [0.05, 0.1) is 0 Å². The Bertz CT molecular complexity index is 274. The van der Waals surface area contributed by atoms with Crippen LogP contribution >= 0.6 is 11.6 Å². The van der Waals surface area contributed by atoms with Gasteiger partial charge in [0.2, 0.25) is 0 Å². The first-order chi connectivity index (χ1) is 5.66. The summed E-state index contributed by atoms with van der Waals surface area (Å²) in [5, 5.41) is 8.28. The molecule has 0 aliphatic heterocycles. The molecule has 0 fully saturated rings. The summed E-state index contributed by atoms with van der Waals surface area (Å²) in [7, 11) is 0. The van der Waals surface area contributed by atoms with Crippen molar-refractivity contribution in [3.63, 3.8) is 0 Å². The van der Waals surface area contributed by atoms with Gasteiger partial charge in [-0.1, -0.05) is 29.8 Å². The first kappa shape index (κ1) is 10.5. The second-order valence-corrected chi connectivity index (χ2v) is 2.18. The highest BCUT2D eigenvalue weighted by molar-refractivity contribution is 6.30. The van der Waals surface area contributed by atoms with Gasteiger partial charge in [0, 0.05) is 10.9 Å². The zero-order valence-electron chi connectivity index (χ0n) is 6.20. The Morgan fingerprint density at radius 3 is 2.00 bits per heavy atom. The van der Waals surface area contributed by atoms with Crippen LogP contribution in [0.5, 0.6) is 0 Å². The van der Waals surface area contributed by atoms with Gasteiger partial charge < -0.3 is 5.11 Å². The van der Waals surface area contributed by atoms with Crippen molar-refractivity contribution in [3.8, 4) is 12.3 Å². The van der Waals surface area contributed by atoms with E-state index in [4.69, 9.17) is 21.5 Å². The highest BCUT2D eigenvalue weighted by atomic mass is 35.5. The van der Waals surface area contributed by atoms with Gasteiger partial charge in [-0.05, 0) is 12.1 Å². The Kier molecular flexibility index (Phi) is 5.50. The van der Waals surface area contributed by atoms with E-state index in [1.165, 1.54) is 5.92 Å². The maximum Gasteiger partial charge on any atom is 0.381 e. The lowest BCUT2D eigenvalue weighted by atomic mass is 10.4. The molecular weight excluding hydrogens is 176 g/mol. The van der Waals surface area contributed by atoms with Crippen molar-refractivity contribution in [2.45, 2.75) is 0 Å². The minimum Gasteiger partial charge on any atom is -0.472 e. The van der Waals surface area contributed by atoms with Gasteiger partial charge in [0.1, 0.15) is 0 Å². The fourth-order valence-corrected chi connectivity index (χ4v) is 0.560. The monoisotopic (exact) mass is 182 g/mol. The second kappa shape index (κ2) is 6.26. The molecule has 1 N–H and O–H groups in total. The molecule has 1 aromatic carbocycles. The predicted octanol–water partition coefficient (Wildman–Crippen LogP) is 2.04. The summed E-state index contributed by atoms with van der Waals surface area (Å²) in [6.07, 6.45) is 4.32. The number of carboxylic acids is 1. The molecule has 0 heterocycles. The van der Waals surface area contributed by atoms with Crippen LogP contribution in [0.15, 0.2) is 30.3 Å². The van der Waals surface area contributed by atoms with E-state index in [2.05, 4.69) is 6.42 Å². The second-order valence-electron chi connectivity index (χ2n) is 1.75. The molecule has 0 atom stereocenters. The third-order valence-electron chi connectivity index (χ3n) is 0.857. The Hall–Kier alpha value is -1.46. The first-order valence-electron chi connectivity index (χ1n) is 3.07. The summed E-state index contributed by atoms with van der Waals surface area (Å²) in [5.74, 6) is 0.227. The smallest absolute Gasteiger partial charge is 0.381 e. The number of hydrogen-bond acceptors (Lipinski definition) is 1. The number of rotatable bonds is 0. The third kappa shape index (κ3) is 6.66. The van der Waals surface area contributed by atoms with Crippen LogP contribution in [0.3, 0.4) is 0 Å². The van der Waals surface area contributed by atoms with Crippen molar-refractivity contribution in [1.29, 1.82) is 0 Å². The standard InChI is InChI=1S/C6H5Cl.C3H2O2/c7-6-4-2-1-3-5-6;1-2-3(4)5/h1-5H;1H,(H,4,5). The van der Waals surface area contributed by atoms with E-state index in [1.54, 1.807) is 0 Å². The summed E-state index contributed by atoms with van der Waals surface area (Å²) in [6.45, 7) is 0. The lowest BCUT2D eigenvalue weighted by Crippen LogP contribution is -1.83. The largest absolute Gasteiger partial charge is 0.472 e. The summed E-state index contributed by atoms with van der Waals surface area (Å²) in [4.78, 5) is 9.13. The van der Waals surface area contributed by atoms with E-state index in [0.717, 1.165) is 5.02 Å². The van der Waals surface area contributed by atoms with E-state index in [-0.39, 0.29) is 0 Å². The van der Waals surface area contributed by atoms with E-state index in [1.807, 2.05) is 30.3 Å². The van der Waals surface area contributed by atoms with Gasteiger partial charge >= 0.3 is 5.97 Å². The van der Waals surface area contributed by atoms with Gasteiger partial charge in [-0.2, -0.15) is 0 Å². The minimum absolute atomic E-state index is 0.794. The number of carbonyl (C=O) groups is 1. The van der Waals surface area contributed by atoms with Crippen LogP contribution in [0, 0.1) is 12.3 Å². The van der Waals surface area contributed by atoms with Crippen LogP contribution in [0.2, 0.25) is 5.02 Å². The molecule has 3 heteroatoms. The molecule has 0 aromatic heterocycles. The van der Waals surface area contributed by atoms with Crippen molar-refractivity contribution in [1.82, 2.24) is 0 Å². The number of halogens is 1. The lowest BCUT2D eigenvalue weighted by molar-refractivity contribution is -0.130. The Morgan fingerprint density at radius 2 is 1.83 bits per heavy atom. The van der Waals surface area contributed by atoms with Crippen LogP contribution < -0.4 is 0 Å². The zero-order valence-corrected chi connectivity index (χ0v) is 6.95. The average Bonchev–Trinajstić information content (AvgIpc) is 2.07. The van der Waals surface area contributed by atoms with Gasteiger partial charge in [-0.15, -0.1) is 6.42 Å². The molecule has 2 nitrogen and oxygen atoms in total. The maximum absolute atomic E-state index is 9.13. The van der Waals surface area contributed by atoms with E-state index < -0.39 is 5.97 Å². The van der Waals surface area contributed by atoms with E-state index in [9.17, 15) is 0 Å². The topological polar surface area (TPSA) is 37.3 Å². The highest BCUT2D eigenvalue weighted by Gasteiger charge is 1.75. The maximum atomic E-state index is 9.13. The summed E-state index contributed by atoms with van der Waals surface area (Å²) < 4.78 is 0. The SMILES string of the molecule is C#CC(=O)O.Clc1ccccc1. The Morgan fingerprint density at radius 1 is 1.42 bits per heavy atom. The molecule has 1 aromatic rings. The van der Waals surface area contributed by atoms with Gasteiger partial charge in [-0.25, -0.2) is 4.79 Å². The Labute approximate surface area is 75.8 Å². The molecular formula is C9H7ClO2. The summed E-state index contributed by atoms with van der Waals surface area (Å²) >= 11 is 5.54. The molecule has 12 heavy (non-hydrogen) atoms. The normalized spacial score (nSPS) is 7.33. The molecule has 0 unspecified atom stereocenters. The average molecular weight is 183 g/mol. The molecule has 0 bridgehead atoms. The Balaban J connectivity index is 0.000000217. The predicted molar refractivity (Wildman–Crippen MR) is 47.9 cm³/mol. The van der Waals surface area contributed by atoms with Crippen LogP contribution in [0.1, 0.15) is 0 Å². The number of hydrogen-bond donors (Lipinski definition) is 1. The molecule has 0 spiro atoms. The van der Waals surface area contributed by atoms with Crippen LogP contribution in [-0.4, -0.2) is 11.1 Å². The quantitative estimate of drug-likeness (QED) is 0.624. The molecule has 0 saturated heterocycles. The van der Waals surface area contributed by atoms with Crippen molar-refractivity contribution >= 4 is 17.6 Å². The molecule has 0 aliphatic rings. The number of benzene rings is 1. The molecule has 0 aliphatic carbocycles. The molecule has 0 radical (unpaired) electrons. The summed E-state index contributed by atoms with van der Waals surface area (Å²) in [5.41, 5.74) is 0.